The Balaban J connectivity index is 2.84. The summed E-state index contributed by atoms with van der Waals surface area (Å²) in [5.41, 5.74) is 2.38. The molecule has 0 amide bonds. The number of rotatable bonds is 5. The quantitative estimate of drug-likeness (QED) is 0.450. The van der Waals surface area contributed by atoms with Gasteiger partial charge in [0.25, 0.3) is 0 Å². The van der Waals surface area contributed by atoms with Crippen LogP contribution < -0.4 is 0 Å². The summed E-state index contributed by atoms with van der Waals surface area (Å²) in [6.45, 7) is 16.3. The second kappa shape index (κ2) is 5.87. The van der Waals surface area contributed by atoms with E-state index in [1.54, 1.807) is 17.6 Å². The maximum atomic E-state index is 4.91. The Bertz CT molecular complexity index is 467. The van der Waals surface area contributed by atoms with Crippen LogP contribution in [0.15, 0.2) is 22.4 Å². The molecule has 3 nitrogen and oxygen atoms in total. The fourth-order valence-corrected chi connectivity index (χ4v) is 2.51. The lowest BCUT2D eigenvalue weighted by Crippen LogP contribution is -2.18. The Kier molecular flexibility index (Phi) is 4.91. The predicted molar refractivity (Wildman–Crippen MR) is 82.7 cm³/mol. The van der Waals surface area contributed by atoms with E-state index in [9.17, 15) is 0 Å². The SMILES string of the molecule is C=NO/C=C(\C)C(C)(C)Cc1csc(C(C)(C)C)n1. The van der Waals surface area contributed by atoms with Crippen LogP contribution >= 0.6 is 11.3 Å². The van der Waals surface area contributed by atoms with E-state index in [0.29, 0.717) is 0 Å². The van der Waals surface area contributed by atoms with Crippen molar-refractivity contribution in [3.63, 3.8) is 0 Å². The Labute approximate surface area is 120 Å². The normalized spacial score (nSPS) is 13.5. The monoisotopic (exact) mass is 280 g/mol. The molecule has 0 aliphatic heterocycles. The summed E-state index contributed by atoms with van der Waals surface area (Å²) in [4.78, 5) is 9.66. The molecule has 1 heterocycles. The number of allylic oxidation sites excluding steroid dienone is 1. The molecular formula is C15H24N2OS. The molecule has 0 saturated carbocycles. The Morgan fingerprint density at radius 2 is 2.05 bits per heavy atom. The third-order valence-electron chi connectivity index (χ3n) is 3.19. The Hall–Kier alpha value is -1.16. The van der Waals surface area contributed by atoms with Crippen molar-refractivity contribution in [3.8, 4) is 0 Å². The Morgan fingerprint density at radius 1 is 1.42 bits per heavy atom. The highest BCUT2D eigenvalue weighted by Gasteiger charge is 2.24. The molecule has 19 heavy (non-hydrogen) atoms. The molecule has 1 aromatic rings. The van der Waals surface area contributed by atoms with Crippen LogP contribution in [0, 0.1) is 5.41 Å². The highest BCUT2D eigenvalue weighted by molar-refractivity contribution is 7.09. The van der Waals surface area contributed by atoms with Gasteiger partial charge in [0.2, 0.25) is 0 Å². The smallest absolute Gasteiger partial charge is 0.121 e. The summed E-state index contributed by atoms with van der Waals surface area (Å²) in [6, 6.07) is 0. The molecule has 0 fully saturated rings. The molecular weight excluding hydrogens is 256 g/mol. The summed E-state index contributed by atoms with van der Waals surface area (Å²) < 4.78 is 0. The van der Waals surface area contributed by atoms with Crippen LogP contribution in [0.2, 0.25) is 0 Å². The minimum absolute atomic E-state index is 0.00603. The lowest BCUT2D eigenvalue weighted by molar-refractivity contribution is 0.258. The first-order valence-corrected chi connectivity index (χ1v) is 7.29. The molecule has 0 aliphatic carbocycles. The van der Waals surface area contributed by atoms with E-state index in [1.807, 2.05) is 6.92 Å². The van der Waals surface area contributed by atoms with Gasteiger partial charge >= 0.3 is 0 Å². The molecule has 4 heteroatoms. The van der Waals surface area contributed by atoms with E-state index in [4.69, 9.17) is 9.82 Å². The van der Waals surface area contributed by atoms with E-state index in [1.165, 1.54) is 5.01 Å². The van der Waals surface area contributed by atoms with Crippen LogP contribution in [-0.4, -0.2) is 11.7 Å². The van der Waals surface area contributed by atoms with Crippen LogP contribution in [0.1, 0.15) is 52.2 Å². The van der Waals surface area contributed by atoms with Crippen molar-refractivity contribution in [2.75, 3.05) is 0 Å². The first-order chi connectivity index (χ1) is 8.66. The van der Waals surface area contributed by atoms with Gasteiger partial charge in [-0.05, 0) is 24.3 Å². The number of aromatic nitrogens is 1. The fourth-order valence-electron chi connectivity index (χ4n) is 1.60. The largest absolute Gasteiger partial charge is 0.366 e. The molecule has 106 valence electrons. The minimum atomic E-state index is -0.00603. The molecule has 0 bridgehead atoms. The Morgan fingerprint density at radius 3 is 2.53 bits per heavy atom. The van der Waals surface area contributed by atoms with Crippen LogP contribution in [0.25, 0.3) is 0 Å². The molecule has 0 saturated heterocycles. The van der Waals surface area contributed by atoms with Gasteiger partial charge in [-0.3, -0.25) is 0 Å². The van der Waals surface area contributed by atoms with Gasteiger partial charge in [-0.2, -0.15) is 0 Å². The second-order valence-corrected chi connectivity index (χ2v) is 7.35. The van der Waals surface area contributed by atoms with E-state index >= 15 is 0 Å². The average Bonchev–Trinajstić information content (AvgIpc) is 2.73. The average molecular weight is 280 g/mol. The molecule has 0 unspecified atom stereocenters. The third-order valence-corrected chi connectivity index (χ3v) is 4.50. The summed E-state index contributed by atoms with van der Waals surface area (Å²) in [5, 5.41) is 6.73. The second-order valence-electron chi connectivity index (χ2n) is 6.49. The van der Waals surface area contributed by atoms with Gasteiger partial charge in [-0.25, -0.2) is 4.98 Å². The zero-order chi connectivity index (χ0) is 14.7. The van der Waals surface area contributed by atoms with Crippen molar-refractivity contribution in [1.29, 1.82) is 0 Å². The van der Waals surface area contributed by atoms with Crippen LogP contribution in [0.3, 0.4) is 0 Å². The van der Waals surface area contributed by atoms with Crippen molar-refractivity contribution >= 4 is 18.1 Å². The van der Waals surface area contributed by atoms with Gasteiger partial charge in [-0.1, -0.05) is 39.8 Å². The minimum Gasteiger partial charge on any atom is -0.366 e. The molecule has 0 N–H and O–H groups in total. The van der Waals surface area contributed by atoms with Gasteiger partial charge in [-0.15, -0.1) is 11.3 Å². The van der Waals surface area contributed by atoms with Crippen LogP contribution in [0.4, 0.5) is 0 Å². The maximum Gasteiger partial charge on any atom is 0.121 e. The number of hydrogen-bond donors (Lipinski definition) is 0. The third kappa shape index (κ3) is 4.46. The van der Waals surface area contributed by atoms with E-state index in [2.05, 4.69) is 51.9 Å². The van der Waals surface area contributed by atoms with Gasteiger partial charge < -0.3 is 4.84 Å². The predicted octanol–water partition coefficient (Wildman–Crippen LogP) is 4.55. The van der Waals surface area contributed by atoms with Crippen LogP contribution in [-0.2, 0) is 16.7 Å². The molecule has 1 rings (SSSR count). The first-order valence-electron chi connectivity index (χ1n) is 6.41. The van der Waals surface area contributed by atoms with Crippen molar-refractivity contribution in [2.45, 2.75) is 53.4 Å². The first kappa shape index (κ1) is 15.9. The molecule has 0 atom stereocenters. The highest BCUT2D eigenvalue weighted by Crippen LogP contribution is 2.32. The summed E-state index contributed by atoms with van der Waals surface area (Å²) >= 11 is 1.74. The van der Waals surface area contributed by atoms with Gasteiger partial charge in [0.05, 0.1) is 10.7 Å². The highest BCUT2D eigenvalue weighted by atomic mass is 32.1. The van der Waals surface area contributed by atoms with Crippen molar-refractivity contribution in [1.82, 2.24) is 4.98 Å². The fraction of sp³-hybridized carbons (Fsp3) is 0.600. The maximum absolute atomic E-state index is 4.91. The zero-order valence-corrected chi connectivity index (χ0v) is 13.6. The molecule has 0 aromatic carbocycles. The number of thiazole rings is 1. The molecule has 0 spiro atoms. The summed E-state index contributed by atoms with van der Waals surface area (Å²) in [5.74, 6) is 0. The molecule has 0 radical (unpaired) electrons. The van der Waals surface area contributed by atoms with E-state index < -0.39 is 0 Å². The number of nitrogens with zero attached hydrogens (tertiary/aromatic N) is 2. The van der Waals surface area contributed by atoms with Gasteiger partial charge in [0, 0.05) is 17.5 Å². The van der Waals surface area contributed by atoms with Crippen molar-refractivity contribution in [3.05, 3.63) is 27.9 Å². The molecule has 0 aliphatic rings. The summed E-state index contributed by atoms with van der Waals surface area (Å²) in [6.07, 6.45) is 2.55. The zero-order valence-electron chi connectivity index (χ0n) is 12.8. The lowest BCUT2D eigenvalue weighted by atomic mass is 9.81. The number of hydrogen-bond acceptors (Lipinski definition) is 4. The number of oxime groups is 1. The van der Waals surface area contributed by atoms with E-state index in [0.717, 1.165) is 17.7 Å². The molecule has 1 aromatic heterocycles. The van der Waals surface area contributed by atoms with E-state index in [-0.39, 0.29) is 10.8 Å². The standard InChI is InChI=1S/C15H24N2OS/c1-11(9-18-16-7)15(5,6)8-12-10-19-13(17-12)14(2,3)4/h9-10H,7-8H2,1-6H3/b11-9+. The topological polar surface area (TPSA) is 34.5 Å². The lowest BCUT2D eigenvalue weighted by Gasteiger charge is -2.24. The summed E-state index contributed by atoms with van der Waals surface area (Å²) in [7, 11) is 0. The van der Waals surface area contributed by atoms with Crippen molar-refractivity contribution < 1.29 is 4.84 Å². The van der Waals surface area contributed by atoms with Gasteiger partial charge in [0.1, 0.15) is 6.26 Å². The van der Waals surface area contributed by atoms with Crippen LogP contribution in [0.5, 0.6) is 0 Å². The van der Waals surface area contributed by atoms with Crippen molar-refractivity contribution in [2.24, 2.45) is 10.6 Å². The van der Waals surface area contributed by atoms with Gasteiger partial charge in [0.15, 0.2) is 0 Å².